The average Bonchev–Trinajstić information content (AvgIpc) is 3.37. The third-order valence-electron chi connectivity index (χ3n) is 7.48. The van der Waals surface area contributed by atoms with Crippen LogP contribution >= 0.6 is 0 Å². The zero-order chi connectivity index (χ0) is 31.0. The number of hydrogen-bond acceptors (Lipinski definition) is 6. The zero-order valence-electron chi connectivity index (χ0n) is 24.4. The number of hydrogen-bond donors (Lipinski definition) is 7. The maximum absolute atomic E-state index is 13.7. The van der Waals surface area contributed by atoms with Crippen molar-refractivity contribution < 1.29 is 29.4 Å². The number of carboxylic acid groups (broad SMARTS) is 1. The van der Waals surface area contributed by atoms with Gasteiger partial charge in [0.1, 0.15) is 23.9 Å². The van der Waals surface area contributed by atoms with E-state index in [-0.39, 0.29) is 30.4 Å². The minimum atomic E-state index is -1.15. The molecular formula is C31H41N5O6. The summed E-state index contributed by atoms with van der Waals surface area (Å²) in [6, 6.07) is 9.66. The first kappa shape index (κ1) is 32.1. The summed E-state index contributed by atoms with van der Waals surface area (Å²) < 4.78 is 0. The maximum atomic E-state index is 13.7. The largest absolute Gasteiger partial charge is 0.508 e. The number of aromatic hydroxyl groups is 1. The second kappa shape index (κ2) is 14.5. The van der Waals surface area contributed by atoms with Crippen LogP contribution in [0.15, 0.2) is 54.7 Å². The highest BCUT2D eigenvalue weighted by molar-refractivity contribution is 5.95. The van der Waals surface area contributed by atoms with E-state index < -0.39 is 47.9 Å². The van der Waals surface area contributed by atoms with Crippen molar-refractivity contribution in [1.82, 2.24) is 20.9 Å². The van der Waals surface area contributed by atoms with Crippen molar-refractivity contribution in [2.24, 2.45) is 17.6 Å². The number of amides is 3. The number of fused-ring (bicyclic) bond motifs is 1. The van der Waals surface area contributed by atoms with Gasteiger partial charge < -0.3 is 36.9 Å². The van der Waals surface area contributed by atoms with E-state index in [1.807, 2.05) is 31.2 Å². The number of benzene rings is 2. The number of aliphatic carboxylic acids is 1. The van der Waals surface area contributed by atoms with Gasteiger partial charge in [0, 0.05) is 23.5 Å². The van der Waals surface area contributed by atoms with Crippen LogP contribution in [0.3, 0.4) is 0 Å². The van der Waals surface area contributed by atoms with Crippen LogP contribution in [-0.4, -0.2) is 63.1 Å². The Hall–Kier alpha value is -4.38. The van der Waals surface area contributed by atoms with Crippen LogP contribution < -0.4 is 21.7 Å². The predicted octanol–water partition coefficient (Wildman–Crippen LogP) is 2.23. The fraction of sp³-hybridized carbons (Fsp3) is 0.419. The Bertz CT molecular complexity index is 1390. The number of rotatable bonds is 14. The fourth-order valence-corrected chi connectivity index (χ4v) is 4.70. The van der Waals surface area contributed by atoms with E-state index in [4.69, 9.17) is 5.73 Å². The number of carbonyl (C=O) groups excluding carboxylic acids is 3. The van der Waals surface area contributed by atoms with Crippen molar-refractivity contribution in [1.29, 1.82) is 0 Å². The average molecular weight is 580 g/mol. The van der Waals surface area contributed by atoms with Crippen molar-refractivity contribution in [2.45, 2.75) is 71.1 Å². The number of para-hydroxylation sites is 1. The van der Waals surface area contributed by atoms with Crippen molar-refractivity contribution in [3.63, 3.8) is 0 Å². The van der Waals surface area contributed by atoms with Crippen molar-refractivity contribution >= 4 is 34.6 Å². The maximum Gasteiger partial charge on any atom is 0.326 e. The summed E-state index contributed by atoms with van der Waals surface area (Å²) in [4.78, 5) is 55.0. The summed E-state index contributed by atoms with van der Waals surface area (Å²) in [5.41, 5.74) is 8.58. The minimum absolute atomic E-state index is 0.0924. The van der Waals surface area contributed by atoms with Gasteiger partial charge in [-0.2, -0.15) is 0 Å². The van der Waals surface area contributed by atoms with Gasteiger partial charge in [0.2, 0.25) is 17.7 Å². The summed E-state index contributed by atoms with van der Waals surface area (Å²) in [7, 11) is 0. The molecule has 0 spiro atoms. The van der Waals surface area contributed by atoms with E-state index in [9.17, 15) is 29.4 Å². The SMILES string of the molecule is CCC(C)C(NC(=O)C(NC(=O)C(Cc1c[nH]c2ccccc12)NC(=O)C(N)Cc1ccc(O)cc1)C(C)C)C(=O)O. The molecule has 11 nitrogen and oxygen atoms in total. The van der Waals surface area contributed by atoms with Crippen LogP contribution in [0.5, 0.6) is 5.75 Å². The second-order valence-electron chi connectivity index (χ2n) is 11.0. The Kier molecular flexibility index (Phi) is 11.1. The molecule has 3 rings (SSSR count). The van der Waals surface area contributed by atoms with Crippen LogP contribution in [0.2, 0.25) is 0 Å². The van der Waals surface area contributed by atoms with Gasteiger partial charge in [0.05, 0.1) is 6.04 Å². The first-order valence-corrected chi connectivity index (χ1v) is 14.1. The van der Waals surface area contributed by atoms with Gasteiger partial charge in [0.15, 0.2) is 0 Å². The predicted molar refractivity (Wildman–Crippen MR) is 160 cm³/mol. The van der Waals surface area contributed by atoms with E-state index in [0.717, 1.165) is 22.0 Å². The van der Waals surface area contributed by atoms with E-state index in [1.54, 1.807) is 39.1 Å². The highest BCUT2D eigenvalue weighted by Crippen LogP contribution is 2.20. The lowest BCUT2D eigenvalue weighted by molar-refractivity contribution is -0.144. The fourth-order valence-electron chi connectivity index (χ4n) is 4.70. The van der Waals surface area contributed by atoms with Gasteiger partial charge in [-0.05, 0) is 47.6 Å². The van der Waals surface area contributed by atoms with Crippen molar-refractivity contribution in [3.8, 4) is 5.75 Å². The quantitative estimate of drug-likeness (QED) is 0.152. The van der Waals surface area contributed by atoms with Crippen LogP contribution in [-0.2, 0) is 32.0 Å². The Labute approximate surface area is 245 Å². The molecule has 5 unspecified atom stereocenters. The highest BCUT2D eigenvalue weighted by Gasteiger charge is 2.33. The molecule has 0 saturated heterocycles. The molecule has 3 aromatic rings. The number of aromatic amines is 1. The number of nitrogens with two attached hydrogens (primary N) is 1. The molecule has 11 heteroatoms. The molecule has 1 aromatic heterocycles. The van der Waals surface area contributed by atoms with Gasteiger partial charge in [-0.15, -0.1) is 0 Å². The Balaban J connectivity index is 1.82. The van der Waals surface area contributed by atoms with Gasteiger partial charge in [0.25, 0.3) is 0 Å². The van der Waals surface area contributed by atoms with Crippen molar-refractivity contribution in [3.05, 3.63) is 65.9 Å². The summed E-state index contributed by atoms with van der Waals surface area (Å²) in [6.07, 6.45) is 2.60. The standard InChI is InChI=1S/C31H41N5O6/c1-5-18(4)27(31(41)42)36-30(40)26(17(2)3)35-29(39)25(15-20-16-33-24-9-7-6-8-22(20)24)34-28(38)23(32)14-19-10-12-21(37)13-11-19/h6-13,16-18,23,25-27,33,37H,5,14-15,32H2,1-4H3,(H,34,38)(H,35,39)(H,36,40)(H,41,42). The molecule has 1 heterocycles. The summed E-state index contributed by atoms with van der Waals surface area (Å²) in [5.74, 6) is -3.53. The molecular weight excluding hydrogens is 538 g/mol. The van der Waals surface area contributed by atoms with Crippen molar-refractivity contribution in [2.75, 3.05) is 0 Å². The number of carbonyl (C=O) groups is 4. The molecule has 0 radical (unpaired) electrons. The molecule has 0 aliphatic rings. The van der Waals surface area contributed by atoms with Gasteiger partial charge in [-0.3, -0.25) is 14.4 Å². The minimum Gasteiger partial charge on any atom is -0.508 e. The molecule has 0 saturated carbocycles. The molecule has 5 atom stereocenters. The van der Waals surface area contributed by atoms with Crippen LogP contribution in [0.4, 0.5) is 0 Å². The first-order valence-electron chi connectivity index (χ1n) is 14.1. The number of H-pyrrole nitrogens is 1. The Morgan fingerprint density at radius 2 is 1.50 bits per heavy atom. The summed E-state index contributed by atoms with van der Waals surface area (Å²) >= 11 is 0. The number of aromatic nitrogens is 1. The Morgan fingerprint density at radius 1 is 0.857 bits per heavy atom. The molecule has 226 valence electrons. The smallest absolute Gasteiger partial charge is 0.326 e. The lowest BCUT2D eigenvalue weighted by Crippen LogP contribution is -2.59. The van der Waals surface area contributed by atoms with Gasteiger partial charge in [-0.25, -0.2) is 4.79 Å². The second-order valence-corrected chi connectivity index (χ2v) is 11.0. The van der Waals surface area contributed by atoms with Crippen LogP contribution in [0.1, 0.15) is 45.2 Å². The molecule has 42 heavy (non-hydrogen) atoms. The number of phenolic OH excluding ortho intramolecular Hbond substituents is 1. The molecule has 3 amide bonds. The third-order valence-corrected chi connectivity index (χ3v) is 7.48. The summed E-state index contributed by atoms with van der Waals surface area (Å²) in [6.45, 7) is 7.05. The number of carboxylic acids is 1. The van der Waals surface area contributed by atoms with Crippen LogP contribution in [0, 0.1) is 11.8 Å². The van der Waals surface area contributed by atoms with E-state index >= 15 is 0 Å². The monoisotopic (exact) mass is 579 g/mol. The molecule has 0 fully saturated rings. The topological polar surface area (TPSA) is 187 Å². The third kappa shape index (κ3) is 8.32. The molecule has 0 aliphatic carbocycles. The van der Waals surface area contributed by atoms with Crippen LogP contribution in [0.25, 0.3) is 10.9 Å². The lowest BCUT2D eigenvalue weighted by atomic mass is 9.96. The normalized spacial score (nSPS) is 14.9. The van der Waals surface area contributed by atoms with E-state index in [1.165, 1.54) is 12.1 Å². The van der Waals surface area contributed by atoms with E-state index in [2.05, 4.69) is 20.9 Å². The molecule has 0 aliphatic heterocycles. The molecule has 8 N–H and O–H groups in total. The lowest BCUT2D eigenvalue weighted by Gasteiger charge is -2.28. The van der Waals surface area contributed by atoms with Gasteiger partial charge in [-0.1, -0.05) is 64.4 Å². The van der Waals surface area contributed by atoms with Gasteiger partial charge >= 0.3 is 5.97 Å². The Morgan fingerprint density at radius 3 is 2.12 bits per heavy atom. The molecule has 0 bridgehead atoms. The zero-order valence-corrected chi connectivity index (χ0v) is 24.4. The number of phenols is 1. The summed E-state index contributed by atoms with van der Waals surface area (Å²) in [5, 5.41) is 28.1. The highest BCUT2D eigenvalue weighted by atomic mass is 16.4. The van der Waals surface area contributed by atoms with E-state index in [0.29, 0.717) is 6.42 Å². The number of nitrogens with one attached hydrogen (secondary N) is 4. The molecule has 2 aromatic carbocycles. The first-order chi connectivity index (χ1) is 19.9.